The molecule has 1 heterocycles. The van der Waals surface area contributed by atoms with E-state index in [0.29, 0.717) is 30.2 Å². The van der Waals surface area contributed by atoms with Crippen LogP contribution in [0, 0.1) is 0 Å². The lowest BCUT2D eigenvalue weighted by Gasteiger charge is -2.10. The number of rotatable bonds is 6. The van der Waals surface area contributed by atoms with Crippen molar-refractivity contribution in [2.45, 2.75) is 19.9 Å². The number of ether oxygens (including phenoxy) is 1. The number of aromatic nitrogens is 2. The standard InChI is InChI=1S/C14H17F2N3O/c1-3-20-12-6-4-11(5-7-12)19-13(14(15)16)10(8-17-2)9-18-19/h4-7,9,14,17H,3,8H2,1-2H3. The molecule has 0 spiro atoms. The molecule has 1 aromatic heterocycles. The molecule has 1 aromatic carbocycles. The molecule has 1 N–H and O–H groups in total. The summed E-state index contributed by atoms with van der Waals surface area (Å²) in [5, 5.41) is 6.92. The molecule has 0 atom stereocenters. The van der Waals surface area contributed by atoms with Crippen molar-refractivity contribution in [2.75, 3.05) is 13.7 Å². The van der Waals surface area contributed by atoms with Crippen molar-refractivity contribution < 1.29 is 13.5 Å². The minimum atomic E-state index is -2.58. The zero-order chi connectivity index (χ0) is 14.5. The maximum atomic E-state index is 13.2. The molecule has 4 nitrogen and oxygen atoms in total. The fraction of sp³-hybridized carbons (Fsp3) is 0.357. The van der Waals surface area contributed by atoms with Gasteiger partial charge in [-0.1, -0.05) is 0 Å². The van der Waals surface area contributed by atoms with Crippen LogP contribution in [0.4, 0.5) is 8.78 Å². The van der Waals surface area contributed by atoms with Crippen molar-refractivity contribution in [3.8, 4) is 11.4 Å². The van der Waals surface area contributed by atoms with Gasteiger partial charge in [0.2, 0.25) is 0 Å². The molecule has 0 aliphatic carbocycles. The molecule has 2 aromatic rings. The van der Waals surface area contributed by atoms with E-state index in [1.54, 1.807) is 31.3 Å². The quantitative estimate of drug-likeness (QED) is 0.885. The Morgan fingerprint density at radius 1 is 1.30 bits per heavy atom. The van der Waals surface area contributed by atoms with Crippen LogP contribution in [0.2, 0.25) is 0 Å². The number of nitrogens with zero attached hydrogens (tertiary/aromatic N) is 2. The number of alkyl halides is 2. The third-order valence-corrected chi connectivity index (χ3v) is 2.85. The minimum absolute atomic E-state index is 0.0801. The summed E-state index contributed by atoms with van der Waals surface area (Å²) in [7, 11) is 1.71. The SMILES string of the molecule is CCOc1ccc(-n2ncc(CNC)c2C(F)F)cc1. The van der Waals surface area contributed by atoms with Gasteiger partial charge in [0.1, 0.15) is 11.4 Å². The highest BCUT2D eigenvalue weighted by atomic mass is 19.3. The molecule has 0 bridgehead atoms. The monoisotopic (exact) mass is 281 g/mol. The van der Waals surface area contributed by atoms with Gasteiger partial charge >= 0.3 is 0 Å². The molecule has 0 saturated heterocycles. The number of halogens is 2. The summed E-state index contributed by atoms with van der Waals surface area (Å²) in [5.41, 5.74) is 1.01. The van der Waals surface area contributed by atoms with Gasteiger partial charge in [-0.3, -0.25) is 0 Å². The van der Waals surface area contributed by atoms with Crippen LogP contribution in [0.1, 0.15) is 24.6 Å². The maximum Gasteiger partial charge on any atom is 0.280 e. The van der Waals surface area contributed by atoms with Crippen LogP contribution in [0.3, 0.4) is 0 Å². The molecule has 0 fully saturated rings. The molecule has 0 amide bonds. The van der Waals surface area contributed by atoms with Crippen molar-refractivity contribution in [2.24, 2.45) is 0 Å². The molecule has 0 unspecified atom stereocenters. The van der Waals surface area contributed by atoms with E-state index in [1.807, 2.05) is 6.92 Å². The van der Waals surface area contributed by atoms with Crippen molar-refractivity contribution in [3.63, 3.8) is 0 Å². The van der Waals surface area contributed by atoms with E-state index < -0.39 is 6.43 Å². The Hall–Kier alpha value is -1.95. The summed E-state index contributed by atoms with van der Waals surface area (Å²) in [4.78, 5) is 0. The van der Waals surface area contributed by atoms with Gasteiger partial charge in [-0.15, -0.1) is 0 Å². The van der Waals surface area contributed by atoms with Gasteiger partial charge in [0.15, 0.2) is 0 Å². The van der Waals surface area contributed by atoms with Crippen LogP contribution >= 0.6 is 0 Å². The van der Waals surface area contributed by atoms with Gasteiger partial charge in [0, 0.05) is 12.1 Å². The topological polar surface area (TPSA) is 39.1 Å². The Balaban J connectivity index is 2.36. The van der Waals surface area contributed by atoms with Crippen LogP contribution in [0.15, 0.2) is 30.5 Å². The molecule has 0 radical (unpaired) electrons. The molecular weight excluding hydrogens is 264 g/mol. The average molecular weight is 281 g/mol. The molecule has 0 aliphatic rings. The Morgan fingerprint density at radius 2 is 2.00 bits per heavy atom. The van der Waals surface area contributed by atoms with E-state index >= 15 is 0 Å². The first-order valence-corrected chi connectivity index (χ1v) is 6.40. The van der Waals surface area contributed by atoms with Crippen molar-refractivity contribution in [1.29, 1.82) is 0 Å². The summed E-state index contributed by atoms with van der Waals surface area (Å²) in [5.74, 6) is 0.706. The number of nitrogens with one attached hydrogen (secondary N) is 1. The number of hydrogen-bond donors (Lipinski definition) is 1. The Labute approximate surface area is 116 Å². The van der Waals surface area contributed by atoms with Gasteiger partial charge in [-0.25, -0.2) is 13.5 Å². The average Bonchev–Trinajstić information content (AvgIpc) is 2.84. The normalized spacial score (nSPS) is 11.1. The summed E-state index contributed by atoms with van der Waals surface area (Å²) in [6.45, 7) is 2.81. The molecule has 6 heteroatoms. The van der Waals surface area contributed by atoms with E-state index in [9.17, 15) is 8.78 Å². The minimum Gasteiger partial charge on any atom is -0.494 e. The third-order valence-electron chi connectivity index (χ3n) is 2.85. The van der Waals surface area contributed by atoms with Crippen molar-refractivity contribution >= 4 is 0 Å². The molecule has 0 aliphatic heterocycles. The van der Waals surface area contributed by atoms with Crippen LogP contribution in [0.5, 0.6) is 5.75 Å². The second-order valence-electron chi connectivity index (χ2n) is 4.22. The first kappa shape index (κ1) is 14.5. The second-order valence-corrected chi connectivity index (χ2v) is 4.22. The Morgan fingerprint density at radius 3 is 2.55 bits per heavy atom. The van der Waals surface area contributed by atoms with Crippen molar-refractivity contribution in [1.82, 2.24) is 15.1 Å². The second kappa shape index (κ2) is 6.47. The molecule has 0 saturated carbocycles. The van der Waals surface area contributed by atoms with E-state index in [-0.39, 0.29) is 5.69 Å². The van der Waals surface area contributed by atoms with Crippen LogP contribution < -0.4 is 10.1 Å². The lowest BCUT2D eigenvalue weighted by Crippen LogP contribution is -2.09. The van der Waals surface area contributed by atoms with E-state index in [4.69, 9.17) is 4.74 Å². The summed E-state index contributed by atoms with van der Waals surface area (Å²) in [6.07, 6.45) is -1.11. The number of benzene rings is 1. The lowest BCUT2D eigenvalue weighted by molar-refractivity contribution is 0.141. The smallest absolute Gasteiger partial charge is 0.280 e. The van der Waals surface area contributed by atoms with E-state index in [0.717, 1.165) is 0 Å². The zero-order valence-corrected chi connectivity index (χ0v) is 11.4. The number of hydrogen-bond acceptors (Lipinski definition) is 3. The maximum absolute atomic E-state index is 13.2. The molecule has 2 rings (SSSR count). The third kappa shape index (κ3) is 2.96. The summed E-state index contributed by atoms with van der Waals surface area (Å²) < 4.78 is 33.0. The fourth-order valence-electron chi connectivity index (χ4n) is 2.01. The van der Waals surface area contributed by atoms with Gasteiger partial charge in [-0.05, 0) is 38.2 Å². The predicted molar refractivity (Wildman–Crippen MR) is 72.5 cm³/mol. The Kier molecular flexibility index (Phi) is 4.68. The van der Waals surface area contributed by atoms with Crippen LogP contribution in [-0.4, -0.2) is 23.4 Å². The van der Waals surface area contributed by atoms with Gasteiger partial charge < -0.3 is 10.1 Å². The summed E-state index contributed by atoms with van der Waals surface area (Å²) in [6, 6.07) is 6.92. The van der Waals surface area contributed by atoms with Gasteiger partial charge in [0.05, 0.1) is 18.5 Å². The fourth-order valence-corrected chi connectivity index (χ4v) is 2.01. The van der Waals surface area contributed by atoms with E-state index in [2.05, 4.69) is 10.4 Å². The molecular formula is C14H17F2N3O. The van der Waals surface area contributed by atoms with Gasteiger partial charge in [-0.2, -0.15) is 5.10 Å². The molecule has 20 heavy (non-hydrogen) atoms. The largest absolute Gasteiger partial charge is 0.494 e. The van der Waals surface area contributed by atoms with Crippen molar-refractivity contribution in [3.05, 3.63) is 41.7 Å². The first-order chi connectivity index (χ1) is 9.67. The Bertz CT molecular complexity index is 552. The predicted octanol–water partition coefficient (Wildman–Crippen LogP) is 2.93. The highest BCUT2D eigenvalue weighted by molar-refractivity contribution is 5.39. The summed E-state index contributed by atoms with van der Waals surface area (Å²) >= 11 is 0. The first-order valence-electron chi connectivity index (χ1n) is 6.40. The molecule has 108 valence electrons. The highest BCUT2D eigenvalue weighted by Gasteiger charge is 2.20. The zero-order valence-electron chi connectivity index (χ0n) is 11.4. The van der Waals surface area contributed by atoms with Crippen LogP contribution in [-0.2, 0) is 6.54 Å². The highest BCUT2D eigenvalue weighted by Crippen LogP contribution is 2.26. The van der Waals surface area contributed by atoms with Gasteiger partial charge in [0.25, 0.3) is 6.43 Å². The van der Waals surface area contributed by atoms with Crippen LogP contribution in [0.25, 0.3) is 5.69 Å². The van der Waals surface area contributed by atoms with E-state index in [1.165, 1.54) is 10.9 Å². The lowest BCUT2D eigenvalue weighted by atomic mass is 10.2.